The Morgan fingerprint density at radius 2 is 2.50 bits per heavy atom. The van der Waals surface area contributed by atoms with E-state index >= 15 is 0 Å². The predicted octanol–water partition coefficient (Wildman–Crippen LogP) is -0.119. The maximum atomic E-state index is 9.78. The van der Waals surface area contributed by atoms with Crippen LogP contribution in [-0.4, -0.2) is 10.8 Å². The Bertz CT molecular complexity index is 77.5. The first-order valence-corrected chi connectivity index (χ1v) is 3.73. The molecule has 0 aromatic rings. The molecule has 0 saturated heterocycles. The first-order valence-electron chi connectivity index (χ1n) is 1.54. The first kappa shape index (κ1) is 6.33. The lowest BCUT2D eigenvalue weighted by Gasteiger charge is -1.80. The summed E-state index contributed by atoms with van der Waals surface area (Å²) in [5, 5.41) is 0. The van der Waals surface area contributed by atoms with Crippen molar-refractivity contribution in [2.75, 3.05) is 6.61 Å². The van der Waals surface area contributed by atoms with Crippen molar-refractivity contribution in [3.05, 3.63) is 0 Å². The topological polar surface area (TPSA) is 26.3 Å². The zero-order valence-corrected chi connectivity index (χ0v) is 5.09. The van der Waals surface area contributed by atoms with E-state index in [2.05, 4.69) is 15.4 Å². The summed E-state index contributed by atoms with van der Waals surface area (Å²) in [5.41, 5.74) is 0. The van der Waals surface area contributed by atoms with E-state index in [-0.39, 0.29) is 0 Å². The van der Waals surface area contributed by atoms with Crippen LogP contribution in [0.15, 0.2) is 0 Å². The molecule has 1 atom stereocenters. The van der Waals surface area contributed by atoms with Gasteiger partial charge in [-0.2, -0.15) is 0 Å². The molecular formula is C2H6O2S2. The minimum atomic E-state index is -1.77. The van der Waals surface area contributed by atoms with Gasteiger partial charge in [0.25, 0.3) is 0 Å². The minimum absolute atomic E-state index is 0.443. The van der Waals surface area contributed by atoms with Gasteiger partial charge in [-0.05, 0) is 6.92 Å². The number of hydrogen-bond acceptors (Lipinski definition) is 3. The highest BCUT2D eigenvalue weighted by atomic mass is 32.8. The highest BCUT2D eigenvalue weighted by molar-refractivity contribution is 8.19. The minimum Gasteiger partial charge on any atom is -0.292 e. The molecule has 38 valence electrons. The van der Waals surface area contributed by atoms with Crippen molar-refractivity contribution >= 4 is 20.8 Å². The molecule has 0 amide bonds. The first-order chi connectivity index (χ1) is 2.77. The Morgan fingerprint density at radius 3 is 2.50 bits per heavy atom. The molecule has 6 heavy (non-hydrogen) atoms. The second-order valence-corrected chi connectivity index (χ2v) is 2.24. The lowest BCUT2D eigenvalue weighted by molar-refractivity contribution is 0.382. The molecule has 0 bridgehead atoms. The fourth-order valence-electron chi connectivity index (χ4n) is 0.105. The fourth-order valence-corrected chi connectivity index (χ4v) is 0.632. The molecule has 0 rings (SSSR count). The van der Waals surface area contributed by atoms with Gasteiger partial charge in [-0.1, -0.05) is 0 Å². The summed E-state index contributed by atoms with van der Waals surface area (Å²) < 4.78 is 14.2. The van der Waals surface area contributed by atoms with Crippen LogP contribution in [0.5, 0.6) is 0 Å². The SMILES string of the molecule is CCO[SH](=O)=S. The van der Waals surface area contributed by atoms with Gasteiger partial charge in [0, 0.05) is 11.2 Å². The van der Waals surface area contributed by atoms with Crippen LogP contribution in [0.4, 0.5) is 0 Å². The van der Waals surface area contributed by atoms with Gasteiger partial charge in [0.05, 0.1) is 6.61 Å². The van der Waals surface area contributed by atoms with Gasteiger partial charge in [0.2, 0.25) is 0 Å². The predicted molar refractivity (Wildman–Crippen MR) is 28.5 cm³/mol. The number of hydrogen-bond donors (Lipinski definition) is 1. The van der Waals surface area contributed by atoms with E-state index in [1.165, 1.54) is 0 Å². The molecule has 0 fully saturated rings. The van der Waals surface area contributed by atoms with Crippen molar-refractivity contribution in [1.82, 2.24) is 0 Å². The van der Waals surface area contributed by atoms with Gasteiger partial charge in [-0.3, -0.25) is 4.18 Å². The molecule has 0 aromatic carbocycles. The molecule has 0 saturated carbocycles. The number of thiol groups is 1. The van der Waals surface area contributed by atoms with Crippen molar-refractivity contribution in [3.63, 3.8) is 0 Å². The molecule has 0 spiro atoms. The Labute approximate surface area is 43.4 Å². The summed E-state index contributed by atoms with van der Waals surface area (Å²) in [6.07, 6.45) is 0. The van der Waals surface area contributed by atoms with E-state index in [4.69, 9.17) is 0 Å². The average molecular weight is 126 g/mol. The van der Waals surface area contributed by atoms with Gasteiger partial charge in [-0.15, -0.1) is 0 Å². The normalized spacial score (nSPS) is 14.2. The maximum absolute atomic E-state index is 9.78. The summed E-state index contributed by atoms with van der Waals surface area (Å²) >= 11 is 4.17. The van der Waals surface area contributed by atoms with Gasteiger partial charge < -0.3 is 0 Å². The molecule has 0 aliphatic heterocycles. The van der Waals surface area contributed by atoms with E-state index < -0.39 is 9.64 Å². The van der Waals surface area contributed by atoms with Crippen LogP contribution in [0.3, 0.4) is 0 Å². The molecule has 0 radical (unpaired) electrons. The molecule has 1 unspecified atom stereocenters. The van der Waals surface area contributed by atoms with E-state index in [0.717, 1.165) is 0 Å². The van der Waals surface area contributed by atoms with Crippen molar-refractivity contribution in [3.8, 4) is 0 Å². The van der Waals surface area contributed by atoms with Crippen molar-refractivity contribution in [2.24, 2.45) is 0 Å². The van der Waals surface area contributed by atoms with Crippen LogP contribution in [0.25, 0.3) is 0 Å². The second-order valence-electron chi connectivity index (χ2n) is 0.641. The largest absolute Gasteiger partial charge is 0.292 e. The Kier molecular flexibility index (Phi) is 3.71. The third kappa shape index (κ3) is 4.33. The summed E-state index contributed by atoms with van der Waals surface area (Å²) in [6.45, 7) is 2.19. The molecule has 4 heteroatoms. The van der Waals surface area contributed by atoms with Gasteiger partial charge in [-0.25, -0.2) is 4.21 Å². The highest BCUT2D eigenvalue weighted by Crippen LogP contribution is 1.66. The van der Waals surface area contributed by atoms with Crippen LogP contribution in [0.2, 0.25) is 0 Å². The van der Waals surface area contributed by atoms with E-state index in [1.807, 2.05) is 0 Å². The summed E-state index contributed by atoms with van der Waals surface area (Å²) in [6, 6.07) is 0. The lowest BCUT2D eigenvalue weighted by atomic mass is 10.9. The van der Waals surface area contributed by atoms with Crippen LogP contribution >= 0.6 is 0 Å². The van der Waals surface area contributed by atoms with Crippen LogP contribution < -0.4 is 0 Å². The summed E-state index contributed by atoms with van der Waals surface area (Å²) in [7, 11) is -1.77. The van der Waals surface area contributed by atoms with Crippen LogP contribution in [-0.2, 0) is 25.0 Å². The standard InChI is InChI=1S/C2H6O2S2/c1-2-4-6(3)5/h6H,2H2,1H3. The number of rotatable bonds is 2. The van der Waals surface area contributed by atoms with Gasteiger partial charge in [0.15, 0.2) is 0 Å². The van der Waals surface area contributed by atoms with Gasteiger partial charge >= 0.3 is 0 Å². The molecule has 0 aliphatic rings. The third-order valence-electron chi connectivity index (χ3n) is 0.235. The highest BCUT2D eigenvalue weighted by Gasteiger charge is 1.68. The van der Waals surface area contributed by atoms with Crippen LogP contribution in [0.1, 0.15) is 6.92 Å². The average Bonchev–Trinajstić information content (AvgIpc) is 1.35. The second kappa shape index (κ2) is 3.52. The summed E-state index contributed by atoms with van der Waals surface area (Å²) in [4.78, 5) is 0. The lowest BCUT2D eigenvalue weighted by Crippen LogP contribution is -1.81. The quantitative estimate of drug-likeness (QED) is 0.522. The Balaban J connectivity index is 3.07. The van der Waals surface area contributed by atoms with Crippen molar-refractivity contribution < 1.29 is 8.39 Å². The van der Waals surface area contributed by atoms with Gasteiger partial charge in [0.1, 0.15) is 9.64 Å². The Morgan fingerprint density at radius 1 is 2.00 bits per heavy atom. The monoisotopic (exact) mass is 126 g/mol. The fraction of sp³-hybridized carbons (Fsp3) is 1.00. The molecule has 0 aliphatic carbocycles. The molecule has 2 nitrogen and oxygen atoms in total. The maximum Gasteiger partial charge on any atom is 0.133 e. The Hall–Kier alpha value is 0.330. The molecular weight excluding hydrogens is 120 g/mol. The smallest absolute Gasteiger partial charge is 0.133 e. The van der Waals surface area contributed by atoms with Crippen molar-refractivity contribution in [2.45, 2.75) is 6.92 Å². The van der Waals surface area contributed by atoms with Crippen LogP contribution in [0, 0.1) is 0 Å². The zero-order valence-electron chi connectivity index (χ0n) is 3.38. The third-order valence-corrected chi connectivity index (χ3v) is 1.02. The molecule has 0 heterocycles. The molecule has 0 aromatic heterocycles. The van der Waals surface area contributed by atoms with E-state index in [9.17, 15) is 4.21 Å². The molecule has 0 N–H and O–H groups in total. The zero-order chi connectivity index (χ0) is 4.99. The van der Waals surface area contributed by atoms with Crippen molar-refractivity contribution in [1.29, 1.82) is 0 Å². The summed E-state index contributed by atoms with van der Waals surface area (Å²) in [5.74, 6) is 0. The van der Waals surface area contributed by atoms with E-state index in [0.29, 0.717) is 6.61 Å². The van der Waals surface area contributed by atoms with E-state index in [1.54, 1.807) is 6.92 Å².